The van der Waals surface area contributed by atoms with Gasteiger partial charge in [0.15, 0.2) is 5.75 Å². The molecule has 0 amide bonds. The molecule has 0 radical (unpaired) electrons. The third kappa shape index (κ3) is 2.98. The van der Waals surface area contributed by atoms with Crippen molar-refractivity contribution in [1.82, 2.24) is 9.78 Å². The first-order chi connectivity index (χ1) is 11.1. The molecular formula is C15H18N4O4. The number of hydrogen-bond acceptors (Lipinski definition) is 6. The van der Waals surface area contributed by atoms with Crippen molar-refractivity contribution in [2.75, 3.05) is 31.7 Å². The molecule has 0 N–H and O–H groups in total. The van der Waals surface area contributed by atoms with E-state index in [2.05, 4.69) is 5.10 Å². The van der Waals surface area contributed by atoms with Gasteiger partial charge < -0.3 is 14.4 Å². The fraction of sp³-hybridized carbons (Fsp3) is 0.400. The van der Waals surface area contributed by atoms with Gasteiger partial charge in [-0.1, -0.05) is 6.07 Å². The molecule has 3 rings (SSSR count). The van der Waals surface area contributed by atoms with E-state index >= 15 is 0 Å². The number of morpholine rings is 1. The summed E-state index contributed by atoms with van der Waals surface area (Å²) in [4.78, 5) is 13.0. The minimum atomic E-state index is -0.400. The van der Waals surface area contributed by atoms with Crippen molar-refractivity contribution in [3.8, 4) is 5.75 Å². The first-order valence-corrected chi connectivity index (χ1v) is 7.26. The molecule has 0 bridgehead atoms. The molecule has 23 heavy (non-hydrogen) atoms. The Morgan fingerprint density at radius 3 is 2.96 bits per heavy atom. The molecule has 122 valence electrons. The summed E-state index contributed by atoms with van der Waals surface area (Å²) < 4.78 is 12.6. The number of para-hydroxylation sites is 1. The normalized spacial score (nSPS) is 18.0. The lowest BCUT2D eigenvalue weighted by Gasteiger charge is -2.33. The number of methoxy groups -OCH3 is 1. The van der Waals surface area contributed by atoms with Crippen LogP contribution in [0.3, 0.4) is 0 Å². The van der Waals surface area contributed by atoms with Gasteiger partial charge in [0.2, 0.25) is 0 Å². The van der Waals surface area contributed by atoms with Crippen LogP contribution in [0.5, 0.6) is 5.75 Å². The maximum atomic E-state index is 11.5. The molecular weight excluding hydrogens is 300 g/mol. The molecule has 1 atom stereocenters. The van der Waals surface area contributed by atoms with Gasteiger partial charge in [-0.3, -0.25) is 14.8 Å². The highest BCUT2D eigenvalue weighted by Gasteiger charge is 2.29. The van der Waals surface area contributed by atoms with E-state index in [-0.39, 0.29) is 17.5 Å². The summed E-state index contributed by atoms with van der Waals surface area (Å²) >= 11 is 0. The Morgan fingerprint density at radius 2 is 2.30 bits per heavy atom. The minimum Gasteiger partial charge on any atom is -0.490 e. The number of hydrogen-bond donors (Lipinski definition) is 0. The Bertz CT molecular complexity index is 715. The van der Waals surface area contributed by atoms with Crippen molar-refractivity contribution in [3.63, 3.8) is 0 Å². The molecule has 1 unspecified atom stereocenters. The number of anilines is 1. The van der Waals surface area contributed by atoms with E-state index in [1.54, 1.807) is 29.1 Å². The Hall–Kier alpha value is -2.61. The lowest BCUT2D eigenvalue weighted by atomic mass is 10.1. The zero-order chi connectivity index (χ0) is 16.4. The molecule has 0 spiro atoms. The number of ether oxygens (including phenoxy) is 2. The number of aromatic nitrogens is 2. The summed E-state index contributed by atoms with van der Waals surface area (Å²) in [7, 11) is 3.28. The molecule has 1 aliphatic heterocycles. The van der Waals surface area contributed by atoms with Crippen LogP contribution >= 0.6 is 0 Å². The first kappa shape index (κ1) is 15.3. The predicted molar refractivity (Wildman–Crippen MR) is 83.8 cm³/mol. The van der Waals surface area contributed by atoms with E-state index in [0.29, 0.717) is 25.4 Å². The highest BCUT2D eigenvalue weighted by molar-refractivity contribution is 5.70. The summed E-state index contributed by atoms with van der Waals surface area (Å²) in [6.45, 7) is 1.61. The maximum absolute atomic E-state index is 11.5. The molecule has 1 aromatic carbocycles. The Labute approximate surface area is 133 Å². The molecule has 1 saturated heterocycles. The number of rotatable bonds is 4. The fourth-order valence-corrected chi connectivity index (χ4v) is 2.79. The number of nitro groups is 1. The summed E-state index contributed by atoms with van der Waals surface area (Å²) in [5, 5.41) is 15.6. The molecule has 1 aromatic heterocycles. The standard InChI is InChI=1S/C15H18N4O4/c1-17-9-11(8-16-17)14-10-18(6-7-23-14)12-4-3-5-13(22-2)15(12)19(20)21/h3-5,8-9,14H,6-7,10H2,1-2H3. The second-order valence-corrected chi connectivity index (χ2v) is 5.34. The summed E-state index contributed by atoms with van der Waals surface area (Å²) in [5.41, 5.74) is 1.50. The lowest BCUT2D eigenvalue weighted by Crippen LogP contribution is -2.38. The van der Waals surface area contributed by atoms with Crippen molar-refractivity contribution < 1.29 is 14.4 Å². The van der Waals surface area contributed by atoms with E-state index in [4.69, 9.17) is 9.47 Å². The van der Waals surface area contributed by atoms with Crippen LogP contribution in [0.25, 0.3) is 0 Å². The highest BCUT2D eigenvalue weighted by Crippen LogP contribution is 2.38. The Balaban J connectivity index is 1.91. The summed E-state index contributed by atoms with van der Waals surface area (Å²) in [6, 6.07) is 5.10. The van der Waals surface area contributed by atoms with E-state index in [1.165, 1.54) is 7.11 Å². The first-order valence-electron chi connectivity index (χ1n) is 7.26. The van der Waals surface area contributed by atoms with E-state index in [1.807, 2.05) is 18.1 Å². The van der Waals surface area contributed by atoms with Crippen molar-refractivity contribution in [2.24, 2.45) is 7.05 Å². The second-order valence-electron chi connectivity index (χ2n) is 5.34. The van der Waals surface area contributed by atoms with Gasteiger partial charge >= 0.3 is 5.69 Å². The number of nitrogens with zero attached hydrogens (tertiary/aromatic N) is 4. The van der Waals surface area contributed by atoms with Crippen LogP contribution in [0.4, 0.5) is 11.4 Å². The van der Waals surface area contributed by atoms with Gasteiger partial charge in [-0.25, -0.2) is 0 Å². The van der Waals surface area contributed by atoms with E-state index in [0.717, 1.165) is 5.56 Å². The van der Waals surface area contributed by atoms with Crippen molar-refractivity contribution >= 4 is 11.4 Å². The van der Waals surface area contributed by atoms with Crippen molar-refractivity contribution in [3.05, 3.63) is 46.3 Å². The zero-order valence-electron chi connectivity index (χ0n) is 13.0. The molecule has 8 heteroatoms. The molecule has 2 aromatic rings. The van der Waals surface area contributed by atoms with Crippen molar-refractivity contribution in [1.29, 1.82) is 0 Å². The lowest BCUT2D eigenvalue weighted by molar-refractivity contribution is -0.385. The average Bonchev–Trinajstić information content (AvgIpc) is 3.00. The molecule has 0 aliphatic carbocycles. The third-order valence-corrected chi connectivity index (χ3v) is 3.88. The van der Waals surface area contributed by atoms with E-state index in [9.17, 15) is 10.1 Å². The number of aryl methyl sites for hydroxylation is 1. The Morgan fingerprint density at radius 1 is 1.48 bits per heavy atom. The van der Waals surface area contributed by atoms with Crippen LogP contribution in [-0.2, 0) is 11.8 Å². The van der Waals surface area contributed by atoms with Gasteiger partial charge in [-0.2, -0.15) is 5.10 Å². The van der Waals surface area contributed by atoms with Crippen LogP contribution in [0.2, 0.25) is 0 Å². The average molecular weight is 318 g/mol. The van der Waals surface area contributed by atoms with Crippen LogP contribution < -0.4 is 9.64 Å². The minimum absolute atomic E-state index is 0.0122. The number of nitro benzene ring substituents is 1. The molecule has 1 fully saturated rings. The highest BCUT2D eigenvalue weighted by atomic mass is 16.6. The summed E-state index contributed by atoms with van der Waals surface area (Å²) in [6.07, 6.45) is 3.49. The van der Waals surface area contributed by atoms with Gasteiger partial charge in [0.05, 0.1) is 24.8 Å². The Kier molecular flexibility index (Phi) is 4.16. The number of benzene rings is 1. The maximum Gasteiger partial charge on any atom is 0.333 e. The van der Waals surface area contributed by atoms with Crippen molar-refractivity contribution in [2.45, 2.75) is 6.10 Å². The molecule has 2 heterocycles. The van der Waals surface area contributed by atoms with E-state index < -0.39 is 4.92 Å². The van der Waals surface area contributed by atoms with Gasteiger partial charge in [0.25, 0.3) is 0 Å². The topological polar surface area (TPSA) is 82.7 Å². The largest absolute Gasteiger partial charge is 0.490 e. The predicted octanol–water partition coefficient (Wildman–Crippen LogP) is 1.91. The third-order valence-electron chi connectivity index (χ3n) is 3.88. The second kappa shape index (κ2) is 6.25. The molecule has 1 aliphatic rings. The summed E-state index contributed by atoms with van der Waals surface area (Å²) in [5.74, 6) is 0.261. The fourth-order valence-electron chi connectivity index (χ4n) is 2.79. The SMILES string of the molecule is COc1cccc(N2CCOC(c3cnn(C)c3)C2)c1[N+](=O)[O-]. The zero-order valence-corrected chi connectivity index (χ0v) is 13.0. The quantitative estimate of drug-likeness (QED) is 0.632. The van der Waals surface area contributed by atoms with Crippen LogP contribution in [0.15, 0.2) is 30.6 Å². The van der Waals surface area contributed by atoms with Gasteiger partial charge in [-0.05, 0) is 12.1 Å². The van der Waals surface area contributed by atoms with Crippen LogP contribution in [0.1, 0.15) is 11.7 Å². The van der Waals surface area contributed by atoms with Crippen LogP contribution in [0, 0.1) is 10.1 Å². The smallest absolute Gasteiger partial charge is 0.333 e. The van der Waals surface area contributed by atoms with Gasteiger partial charge in [0, 0.05) is 31.9 Å². The van der Waals surface area contributed by atoms with Gasteiger partial charge in [0.1, 0.15) is 11.8 Å². The molecule has 8 nitrogen and oxygen atoms in total. The molecule has 0 saturated carbocycles. The van der Waals surface area contributed by atoms with Crippen LogP contribution in [-0.4, -0.2) is 41.5 Å². The monoisotopic (exact) mass is 318 g/mol. The van der Waals surface area contributed by atoms with Gasteiger partial charge in [-0.15, -0.1) is 0 Å².